The van der Waals surface area contributed by atoms with Crippen LogP contribution in [0.2, 0.25) is 0 Å². The van der Waals surface area contributed by atoms with Crippen molar-refractivity contribution < 1.29 is 0 Å². The van der Waals surface area contributed by atoms with Gasteiger partial charge in [-0.2, -0.15) is 0 Å². The SMILES string of the molecule is C=C(C)C1=CN=CCC1=C. The van der Waals surface area contributed by atoms with Gasteiger partial charge in [0.2, 0.25) is 0 Å². The minimum absolute atomic E-state index is 0.860. The normalized spacial score (nSPS) is 16.9. The van der Waals surface area contributed by atoms with Gasteiger partial charge in [0.05, 0.1) is 0 Å². The number of hydrogen-bond acceptors (Lipinski definition) is 1. The third-order valence-electron chi connectivity index (χ3n) is 1.49. The second-order valence-electron chi connectivity index (χ2n) is 2.46. The number of hydrogen-bond donors (Lipinski definition) is 0. The Morgan fingerprint density at radius 1 is 1.70 bits per heavy atom. The monoisotopic (exact) mass is 133 g/mol. The molecular formula is C9H11N. The van der Waals surface area contributed by atoms with Crippen molar-refractivity contribution >= 4 is 6.21 Å². The summed E-state index contributed by atoms with van der Waals surface area (Å²) in [6, 6.07) is 0. The Balaban J connectivity index is 2.91. The molecule has 0 bridgehead atoms. The van der Waals surface area contributed by atoms with E-state index in [-0.39, 0.29) is 0 Å². The predicted octanol–water partition coefficient (Wildman–Crippen LogP) is 2.48. The maximum absolute atomic E-state index is 4.02. The molecule has 0 amide bonds. The van der Waals surface area contributed by atoms with Crippen LogP contribution in [0.5, 0.6) is 0 Å². The van der Waals surface area contributed by atoms with Crippen molar-refractivity contribution in [2.24, 2.45) is 4.99 Å². The fourth-order valence-electron chi connectivity index (χ4n) is 0.903. The summed E-state index contributed by atoms with van der Waals surface area (Å²) in [6.45, 7) is 9.69. The summed E-state index contributed by atoms with van der Waals surface area (Å²) in [6.07, 6.45) is 4.53. The summed E-state index contributed by atoms with van der Waals surface area (Å²) < 4.78 is 0. The summed E-state index contributed by atoms with van der Waals surface area (Å²) in [5, 5.41) is 0. The Bertz CT molecular complexity index is 231. The van der Waals surface area contributed by atoms with Crippen molar-refractivity contribution in [2.45, 2.75) is 13.3 Å². The number of nitrogens with zero attached hydrogens (tertiary/aromatic N) is 1. The maximum atomic E-state index is 4.02. The van der Waals surface area contributed by atoms with Gasteiger partial charge in [-0.3, -0.25) is 4.99 Å². The van der Waals surface area contributed by atoms with E-state index in [1.807, 2.05) is 19.3 Å². The summed E-state index contributed by atoms with van der Waals surface area (Å²) in [5.41, 5.74) is 3.26. The Labute approximate surface area is 61.5 Å². The van der Waals surface area contributed by atoms with Gasteiger partial charge in [-0.05, 0) is 23.6 Å². The highest BCUT2D eigenvalue weighted by Crippen LogP contribution is 2.20. The predicted molar refractivity (Wildman–Crippen MR) is 45.1 cm³/mol. The summed E-state index contributed by atoms with van der Waals surface area (Å²) >= 11 is 0. The van der Waals surface area contributed by atoms with E-state index in [1.165, 1.54) is 0 Å². The van der Waals surface area contributed by atoms with Gasteiger partial charge in [-0.25, -0.2) is 0 Å². The standard InChI is InChI=1S/C9H11N/c1-7(2)9-6-10-5-4-8(9)3/h5-6H,1,3-4H2,2H3. The van der Waals surface area contributed by atoms with Crippen LogP contribution in [0.3, 0.4) is 0 Å². The van der Waals surface area contributed by atoms with Gasteiger partial charge >= 0.3 is 0 Å². The van der Waals surface area contributed by atoms with Gasteiger partial charge in [0, 0.05) is 18.8 Å². The third-order valence-corrected chi connectivity index (χ3v) is 1.49. The van der Waals surface area contributed by atoms with E-state index in [0.717, 1.165) is 23.1 Å². The molecule has 0 spiro atoms. The van der Waals surface area contributed by atoms with Crippen molar-refractivity contribution in [3.05, 3.63) is 36.1 Å². The van der Waals surface area contributed by atoms with Crippen LogP contribution in [-0.2, 0) is 0 Å². The first-order valence-electron chi connectivity index (χ1n) is 3.27. The molecule has 1 aliphatic rings. The van der Waals surface area contributed by atoms with Crippen molar-refractivity contribution in [3.8, 4) is 0 Å². The molecule has 1 heteroatoms. The molecule has 0 aromatic carbocycles. The molecule has 1 nitrogen and oxygen atoms in total. The lowest BCUT2D eigenvalue weighted by Gasteiger charge is -2.09. The van der Waals surface area contributed by atoms with Gasteiger partial charge < -0.3 is 0 Å². The average Bonchev–Trinajstić information content (AvgIpc) is 1.88. The zero-order valence-corrected chi connectivity index (χ0v) is 6.22. The maximum Gasteiger partial charge on any atom is 0.0341 e. The minimum Gasteiger partial charge on any atom is -0.268 e. The third kappa shape index (κ3) is 1.24. The summed E-state index contributed by atoms with van der Waals surface area (Å²) in [4.78, 5) is 4.02. The molecule has 52 valence electrons. The van der Waals surface area contributed by atoms with Gasteiger partial charge in [0.1, 0.15) is 0 Å². The molecule has 0 aromatic heterocycles. The number of rotatable bonds is 1. The summed E-state index contributed by atoms with van der Waals surface area (Å²) in [5.74, 6) is 0. The van der Waals surface area contributed by atoms with Gasteiger partial charge in [0.25, 0.3) is 0 Å². The largest absolute Gasteiger partial charge is 0.268 e. The highest BCUT2D eigenvalue weighted by atomic mass is 14.7. The molecule has 1 rings (SSSR count). The fraction of sp³-hybridized carbons (Fsp3) is 0.222. The van der Waals surface area contributed by atoms with Gasteiger partial charge in [-0.15, -0.1) is 0 Å². The molecule has 0 saturated carbocycles. The van der Waals surface area contributed by atoms with E-state index in [1.54, 1.807) is 0 Å². The molecule has 0 aliphatic carbocycles. The van der Waals surface area contributed by atoms with E-state index in [0.29, 0.717) is 0 Å². The van der Waals surface area contributed by atoms with Crippen molar-refractivity contribution in [1.29, 1.82) is 0 Å². The lowest BCUT2D eigenvalue weighted by molar-refractivity contribution is 1.22. The van der Waals surface area contributed by atoms with Crippen LogP contribution in [0.1, 0.15) is 13.3 Å². The van der Waals surface area contributed by atoms with Crippen molar-refractivity contribution in [1.82, 2.24) is 0 Å². The Morgan fingerprint density at radius 3 is 2.80 bits per heavy atom. The van der Waals surface area contributed by atoms with Crippen LogP contribution in [0.4, 0.5) is 0 Å². The van der Waals surface area contributed by atoms with E-state index in [4.69, 9.17) is 0 Å². The second-order valence-corrected chi connectivity index (χ2v) is 2.46. The Morgan fingerprint density at radius 2 is 2.40 bits per heavy atom. The van der Waals surface area contributed by atoms with E-state index >= 15 is 0 Å². The Hall–Kier alpha value is -1.11. The average molecular weight is 133 g/mol. The number of allylic oxidation sites excluding steroid dienone is 3. The number of aliphatic imine (C=N–C) groups is 1. The molecule has 0 saturated heterocycles. The molecule has 0 fully saturated rings. The van der Waals surface area contributed by atoms with Crippen LogP contribution in [0.15, 0.2) is 41.1 Å². The fourth-order valence-corrected chi connectivity index (χ4v) is 0.903. The molecule has 1 aliphatic heterocycles. The van der Waals surface area contributed by atoms with Gasteiger partial charge in [0.15, 0.2) is 0 Å². The lowest BCUT2D eigenvalue weighted by atomic mass is 9.99. The smallest absolute Gasteiger partial charge is 0.0341 e. The molecule has 0 atom stereocenters. The molecule has 0 N–H and O–H groups in total. The van der Waals surface area contributed by atoms with Crippen LogP contribution in [-0.4, -0.2) is 6.21 Å². The molecule has 1 heterocycles. The first-order chi connectivity index (χ1) is 4.72. The van der Waals surface area contributed by atoms with Gasteiger partial charge in [-0.1, -0.05) is 13.2 Å². The molecule has 10 heavy (non-hydrogen) atoms. The van der Waals surface area contributed by atoms with Crippen LogP contribution >= 0.6 is 0 Å². The Kier molecular flexibility index (Phi) is 1.86. The summed E-state index contributed by atoms with van der Waals surface area (Å²) in [7, 11) is 0. The lowest BCUT2D eigenvalue weighted by Crippen LogP contribution is -1.94. The zero-order valence-electron chi connectivity index (χ0n) is 6.22. The minimum atomic E-state index is 0.860. The van der Waals surface area contributed by atoms with E-state index < -0.39 is 0 Å². The van der Waals surface area contributed by atoms with E-state index in [2.05, 4.69) is 18.2 Å². The van der Waals surface area contributed by atoms with E-state index in [9.17, 15) is 0 Å². The van der Waals surface area contributed by atoms with Crippen LogP contribution in [0, 0.1) is 0 Å². The molecular weight excluding hydrogens is 122 g/mol. The van der Waals surface area contributed by atoms with Crippen LogP contribution in [0.25, 0.3) is 0 Å². The highest BCUT2D eigenvalue weighted by molar-refractivity contribution is 5.68. The molecule has 0 aromatic rings. The highest BCUT2D eigenvalue weighted by Gasteiger charge is 2.04. The first kappa shape index (κ1) is 7.00. The second kappa shape index (κ2) is 2.65. The zero-order chi connectivity index (χ0) is 7.56. The molecule has 0 radical (unpaired) electrons. The quantitative estimate of drug-likeness (QED) is 0.521. The van der Waals surface area contributed by atoms with Crippen molar-refractivity contribution in [3.63, 3.8) is 0 Å². The topological polar surface area (TPSA) is 12.4 Å². The molecule has 0 unspecified atom stereocenters. The van der Waals surface area contributed by atoms with Crippen LogP contribution < -0.4 is 0 Å². The van der Waals surface area contributed by atoms with Crippen molar-refractivity contribution in [2.75, 3.05) is 0 Å². The first-order valence-corrected chi connectivity index (χ1v) is 3.27.